The third-order valence-corrected chi connectivity index (χ3v) is 7.15. The van der Waals surface area contributed by atoms with Gasteiger partial charge in [0.25, 0.3) is 0 Å². The first-order valence-electron chi connectivity index (χ1n) is 9.22. The van der Waals surface area contributed by atoms with Crippen molar-refractivity contribution in [2.45, 2.75) is 44.6 Å². The summed E-state index contributed by atoms with van der Waals surface area (Å²) < 4.78 is 30.3. The summed E-state index contributed by atoms with van der Waals surface area (Å²) in [4.78, 5) is 10.2. The number of imidazole rings is 1. The zero-order valence-corrected chi connectivity index (χ0v) is 16.8. The summed E-state index contributed by atoms with van der Waals surface area (Å²) in [6.45, 7) is 8.42. The molecule has 26 heavy (non-hydrogen) atoms. The minimum Gasteiger partial charge on any atom is -0.347 e. The molecule has 2 aromatic rings. The van der Waals surface area contributed by atoms with Crippen LogP contribution in [0.1, 0.15) is 44.0 Å². The fraction of sp³-hybridized carbons (Fsp3) is 0.647. The summed E-state index contributed by atoms with van der Waals surface area (Å²) >= 11 is 0. The molecule has 9 heteroatoms. The van der Waals surface area contributed by atoms with Gasteiger partial charge in [0.1, 0.15) is 10.7 Å². The Balaban J connectivity index is 1.98. The van der Waals surface area contributed by atoms with Gasteiger partial charge in [0.2, 0.25) is 10.0 Å². The van der Waals surface area contributed by atoms with E-state index < -0.39 is 10.0 Å². The molecular formula is C17H28N6O2S. The van der Waals surface area contributed by atoms with Gasteiger partial charge in [-0.05, 0) is 19.4 Å². The molecule has 0 saturated carbocycles. The molecule has 1 N–H and O–H groups in total. The predicted molar refractivity (Wildman–Crippen MR) is 99.3 cm³/mol. The second-order valence-corrected chi connectivity index (χ2v) is 8.41. The van der Waals surface area contributed by atoms with Crippen LogP contribution in [0.2, 0.25) is 0 Å². The first kappa shape index (κ1) is 19.1. The Morgan fingerprint density at radius 1 is 1.23 bits per heavy atom. The van der Waals surface area contributed by atoms with E-state index in [2.05, 4.69) is 26.9 Å². The summed E-state index contributed by atoms with van der Waals surface area (Å²) in [6, 6.07) is -0.0645. The van der Waals surface area contributed by atoms with Gasteiger partial charge in [-0.25, -0.2) is 13.4 Å². The van der Waals surface area contributed by atoms with Gasteiger partial charge in [0.05, 0.1) is 17.4 Å². The predicted octanol–water partition coefficient (Wildman–Crippen LogP) is 1.34. The quantitative estimate of drug-likeness (QED) is 0.817. The van der Waals surface area contributed by atoms with Crippen LogP contribution in [0.25, 0.3) is 0 Å². The molecule has 0 radical (unpaired) electrons. The smallest absolute Gasteiger partial charge is 0.246 e. The topological polar surface area (TPSA) is 87.1 Å². The number of rotatable bonds is 6. The number of aromatic nitrogens is 4. The Hall–Kier alpha value is -1.71. The van der Waals surface area contributed by atoms with E-state index in [0.29, 0.717) is 43.1 Å². The van der Waals surface area contributed by atoms with Crippen LogP contribution in [0.5, 0.6) is 0 Å². The van der Waals surface area contributed by atoms with Crippen LogP contribution in [0.4, 0.5) is 0 Å². The number of nitrogens with one attached hydrogen (secondary N) is 1. The molecule has 0 unspecified atom stereocenters. The largest absolute Gasteiger partial charge is 0.347 e. The highest BCUT2D eigenvalue weighted by atomic mass is 32.2. The normalized spacial score (nSPS) is 19.9. The maximum Gasteiger partial charge on any atom is 0.246 e. The van der Waals surface area contributed by atoms with Crippen molar-refractivity contribution in [3.8, 4) is 0 Å². The molecule has 0 aliphatic carbocycles. The highest BCUT2D eigenvalue weighted by Crippen LogP contribution is 2.30. The lowest BCUT2D eigenvalue weighted by Crippen LogP contribution is -2.50. The second kappa shape index (κ2) is 7.50. The molecule has 8 nitrogen and oxygen atoms in total. The Morgan fingerprint density at radius 3 is 2.58 bits per heavy atom. The van der Waals surface area contributed by atoms with Crippen LogP contribution < -0.4 is 0 Å². The molecule has 144 valence electrons. The molecule has 1 aliphatic heterocycles. The van der Waals surface area contributed by atoms with Crippen molar-refractivity contribution < 1.29 is 8.42 Å². The molecule has 1 atom stereocenters. The number of hydrogen-bond donors (Lipinski definition) is 1. The van der Waals surface area contributed by atoms with E-state index >= 15 is 0 Å². The third-order valence-electron chi connectivity index (χ3n) is 5.15. The van der Waals surface area contributed by atoms with E-state index in [0.717, 1.165) is 18.1 Å². The average molecular weight is 381 g/mol. The standard InChI is InChI=1S/C17H28N6O2S/c1-5-13-16(14(6-2)21(4)20-13)26(24,25)23-11-10-22(7-3)15(12-23)17-18-8-9-19-17/h8-9,15H,5-7,10-12H2,1-4H3,(H,18,19)/t15-/m0/s1. The number of H-pyrrole nitrogens is 1. The zero-order valence-electron chi connectivity index (χ0n) is 15.9. The van der Waals surface area contributed by atoms with Gasteiger partial charge in [-0.2, -0.15) is 9.40 Å². The van der Waals surface area contributed by atoms with Crippen LogP contribution in [-0.4, -0.2) is 63.6 Å². The first-order chi connectivity index (χ1) is 12.4. The molecule has 3 heterocycles. The second-order valence-electron chi connectivity index (χ2n) is 6.54. The van der Waals surface area contributed by atoms with E-state index in [4.69, 9.17) is 0 Å². The lowest BCUT2D eigenvalue weighted by Gasteiger charge is -2.39. The number of likely N-dealkylation sites (N-methyl/N-ethyl adjacent to an activating group) is 1. The van der Waals surface area contributed by atoms with Crippen molar-refractivity contribution in [3.05, 3.63) is 29.6 Å². The van der Waals surface area contributed by atoms with Gasteiger partial charge in [-0.1, -0.05) is 20.8 Å². The Kier molecular flexibility index (Phi) is 5.50. The number of nitrogens with zero attached hydrogens (tertiary/aromatic N) is 5. The maximum absolute atomic E-state index is 13.5. The molecule has 1 fully saturated rings. The van der Waals surface area contributed by atoms with E-state index in [-0.39, 0.29) is 6.04 Å². The molecule has 0 amide bonds. The van der Waals surface area contributed by atoms with Crippen molar-refractivity contribution in [1.82, 2.24) is 29.0 Å². The van der Waals surface area contributed by atoms with Crippen molar-refractivity contribution in [2.75, 3.05) is 26.2 Å². The highest BCUT2D eigenvalue weighted by Gasteiger charge is 2.38. The average Bonchev–Trinajstić information content (AvgIpc) is 3.28. The van der Waals surface area contributed by atoms with Crippen LogP contribution in [0, 0.1) is 0 Å². The van der Waals surface area contributed by atoms with Crippen LogP contribution in [0.15, 0.2) is 17.3 Å². The fourth-order valence-electron chi connectivity index (χ4n) is 3.76. The number of hydrogen-bond acceptors (Lipinski definition) is 5. The van der Waals surface area contributed by atoms with Crippen LogP contribution in [0.3, 0.4) is 0 Å². The van der Waals surface area contributed by atoms with E-state index in [1.807, 2.05) is 20.9 Å². The molecule has 2 aromatic heterocycles. The lowest BCUT2D eigenvalue weighted by atomic mass is 10.2. The number of aryl methyl sites for hydroxylation is 2. The number of aromatic amines is 1. The first-order valence-corrected chi connectivity index (χ1v) is 10.7. The van der Waals surface area contributed by atoms with E-state index in [9.17, 15) is 8.42 Å². The molecule has 0 spiro atoms. The van der Waals surface area contributed by atoms with Gasteiger partial charge < -0.3 is 4.98 Å². The van der Waals surface area contributed by atoms with E-state index in [1.54, 1.807) is 21.4 Å². The molecule has 3 rings (SSSR count). The lowest BCUT2D eigenvalue weighted by molar-refractivity contribution is 0.119. The Bertz CT molecular complexity index is 843. The van der Waals surface area contributed by atoms with Crippen molar-refractivity contribution in [2.24, 2.45) is 7.05 Å². The Labute approximate surface area is 155 Å². The SMILES string of the molecule is CCc1nn(C)c(CC)c1S(=O)(=O)N1CCN(CC)[C@H](c2ncc[nH]2)C1. The maximum atomic E-state index is 13.5. The minimum absolute atomic E-state index is 0.0645. The third kappa shape index (κ3) is 3.19. The summed E-state index contributed by atoms with van der Waals surface area (Å²) in [7, 11) is -1.78. The van der Waals surface area contributed by atoms with Gasteiger partial charge in [0, 0.05) is 39.1 Å². The molecule has 1 aliphatic rings. The minimum atomic E-state index is -3.60. The van der Waals surface area contributed by atoms with Gasteiger partial charge in [0.15, 0.2) is 0 Å². The molecule has 0 bridgehead atoms. The van der Waals surface area contributed by atoms with Gasteiger partial charge in [-0.15, -0.1) is 0 Å². The monoisotopic (exact) mass is 380 g/mol. The zero-order chi connectivity index (χ0) is 18.9. The van der Waals surface area contributed by atoms with E-state index in [1.165, 1.54) is 0 Å². The fourth-order valence-corrected chi connectivity index (χ4v) is 5.73. The number of sulfonamides is 1. The summed E-state index contributed by atoms with van der Waals surface area (Å²) in [5.41, 5.74) is 1.42. The van der Waals surface area contributed by atoms with Crippen molar-refractivity contribution in [3.63, 3.8) is 0 Å². The summed E-state index contributed by atoms with van der Waals surface area (Å²) in [6.07, 6.45) is 4.72. The summed E-state index contributed by atoms with van der Waals surface area (Å²) in [5.74, 6) is 0.810. The molecular weight excluding hydrogens is 352 g/mol. The molecule has 1 saturated heterocycles. The molecule has 0 aromatic carbocycles. The van der Waals surface area contributed by atoms with Gasteiger partial charge in [-0.3, -0.25) is 9.58 Å². The summed E-state index contributed by atoms with van der Waals surface area (Å²) in [5, 5.41) is 4.44. The van der Waals surface area contributed by atoms with Crippen molar-refractivity contribution in [1.29, 1.82) is 0 Å². The van der Waals surface area contributed by atoms with Gasteiger partial charge >= 0.3 is 0 Å². The Morgan fingerprint density at radius 2 is 2.00 bits per heavy atom. The van der Waals surface area contributed by atoms with Crippen LogP contribution >= 0.6 is 0 Å². The van der Waals surface area contributed by atoms with Crippen molar-refractivity contribution >= 4 is 10.0 Å². The highest BCUT2D eigenvalue weighted by molar-refractivity contribution is 7.89. The number of piperazine rings is 1. The van der Waals surface area contributed by atoms with Crippen LogP contribution in [-0.2, 0) is 29.9 Å².